The predicted octanol–water partition coefficient (Wildman–Crippen LogP) is 10.1. The fourth-order valence-electron chi connectivity index (χ4n) is 6.21. The van der Waals surface area contributed by atoms with Gasteiger partial charge in [0.2, 0.25) is 0 Å². The lowest BCUT2D eigenvalue weighted by molar-refractivity contribution is 0.670. The molecule has 45 heavy (non-hydrogen) atoms. The van der Waals surface area contributed by atoms with Crippen molar-refractivity contribution in [3.8, 4) is 45.4 Å². The molecular formula is C40H24N4O. The van der Waals surface area contributed by atoms with E-state index in [-0.39, 0.29) is 0 Å². The first-order valence-electron chi connectivity index (χ1n) is 14.9. The minimum Gasteiger partial charge on any atom is -0.455 e. The average Bonchev–Trinajstić information content (AvgIpc) is 3.51. The third kappa shape index (κ3) is 4.25. The van der Waals surface area contributed by atoms with Crippen molar-refractivity contribution in [2.75, 3.05) is 0 Å². The van der Waals surface area contributed by atoms with Crippen LogP contribution < -0.4 is 0 Å². The average molecular weight is 577 g/mol. The van der Waals surface area contributed by atoms with E-state index >= 15 is 0 Å². The molecule has 5 nitrogen and oxygen atoms in total. The molecule has 9 aromatic rings. The van der Waals surface area contributed by atoms with Crippen molar-refractivity contribution in [2.24, 2.45) is 0 Å². The van der Waals surface area contributed by atoms with E-state index in [1.54, 1.807) is 0 Å². The SMILES string of the molecule is c1ccc(-c2nc(-c3ccccc3)nc(-c3ccc(-c4cccc5c4oc4ccc6ccc7ccccc7c6c45)nc3)n2)cc1. The van der Waals surface area contributed by atoms with Crippen molar-refractivity contribution >= 4 is 43.5 Å². The zero-order chi connectivity index (χ0) is 29.7. The van der Waals surface area contributed by atoms with Crippen LogP contribution in [0, 0.1) is 0 Å². The molecule has 0 aliphatic carbocycles. The fourth-order valence-corrected chi connectivity index (χ4v) is 6.21. The Morgan fingerprint density at radius 2 is 1.04 bits per heavy atom. The molecule has 0 N–H and O–H groups in total. The summed E-state index contributed by atoms with van der Waals surface area (Å²) in [4.78, 5) is 19.4. The van der Waals surface area contributed by atoms with Gasteiger partial charge in [-0.1, -0.05) is 115 Å². The molecule has 0 aliphatic heterocycles. The van der Waals surface area contributed by atoms with Gasteiger partial charge in [-0.05, 0) is 40.4 Å². The Morgan fingerprint density at radius 1 is 0.422 bits per heavy atom. The number of hydrogen-bond acceptors (Lipinski definition) is 5. The Hall–Kier alpha value is -6.20. The van der Waals surface area contributed by atoms with Crippen molar-refractivity contribution < 1.29 is 4.42 Å². The molecule has 3 aromatic heterocycles. The van der Waals surface area contributed by atoms with Crippen molar-refractivity contribution in [1.82, 2.24) is 19.9 Å². The van der Waals surface area contributed by atoms with Gasteiger partial charge in [0.05, 0.1) is 5.69 Å². The van der Waals surface area contributed by atoms with E-state index < -0.39 is 0 Å². The van der Waals surface area contributed by atoms with Crippen LogP contribution in [0.2, 0.25) is 0 Å². The number of rotatable bonds is 4. The van der Waals surface area contributed by atoms with E-state index in [1.165, 1.54) is 21.5 Å². The third-order valence-electron chi connectivity index (χ3n) is 8.37. The van der Waals surface area contributed by atoms with Crippen LogP contribution in [0.1, 0.15) is 0 Å². The van der Waals surface area contributed by atoms with Gasteiger partial charge in [-0.15, -0.1) is 0 Å². The molecule has 0 unspecified atom stereocenters. The number of pyridine rings is 1. The lowest BCUT2D eigenvalue weighted by atomic mass is 9.97. The molecule has 0 radical (unpaired) electrons. The van der Waals surface area contributed by atoms with Crippen molar-refractivity contribution in [1.29, 1.82) is 0 Å². The van der Waals surface area contributed by atoms with Gasteiger partial charge in [-0.25, -0.2) is 15.0 Å². The first-order chi connectivity index (χ1) is 22.3. The minimum atomic E-state index is 0.571. The lowest BCUT2D eigenvalue weighted by Crippen LogP contribution is -2.00. The Morgan fingerprint density at radius 3 is 1.76 bits per heavy atom. The summed E-state index contributed by atoms with van der Waals surface area (Å²) in [5.41, 5.74) is 6.12. The summed E-state index contributed by atoms with van der Waals surface area (Å²) >= 11 is 0. The summed E-state index contributed by atoms with van der Waals surface area (Å²) in [6.45, 7) is 0. The highest BCUT2D eigenvalue weighted by Crippen LogP contribution is 2.41. The minimum absolute atomic E-state index is 0.571. The molecule has 3 heterocycles. The van der Waals surface area contributed by atoms with Crippen LogP contribution in [0.4, 0.5) is 0 Å². The zero-order valence-corrected chi connectivity index (χ0v) is 24.1. The fraction of sp³-hybridized carbons (Fsp3) is 0. The molecule has 0 saturated heterocycles. The number of para-hydroxylation sites is 1. The molecule has 0 fully saturated rings. The van der Waals surface area contributed by atoms with Gasteiger partial charge in [-0.2, -0.15) is 0 Å². The number of aromatic nitrogens is 4. The van der Waals surface area contributed by atoms with Gasteiger partial charge in [-0.3, -0.25) is 4.98 Å². The van der Waals surface area contributed by atoms with Gasteiger partial charge < -0.3 is 4.42 Å². The maximum atomic E-state index is 6.57. The van der Waals surface area contributed by atoms with E-state index in [0.29, 0.717) is 17.5 Å². The normalized spacial score (nSPS) is 11.6. The Kier molecular flexibility index (Phi) is 5.74. The van der Waals surface area contributed by atoms with Gasteiger partial charge >= 0.3 is 0 Å². The molecule has 0 atom stereocenters. The molecule has 9 rings (SSSR count). The Bertz CT molecular complexity index is 2460. The molecule has 6 aromatic carbocycles. The van der Waals surface area contributed by atoms with E-state index in [9.17, 15) is 0 Å². The second-order valence-electron chi connectivity index (χ2n) is 11.1. The largest absolute Gasteiger partial charge is 0.455 e. The number of furan rings is 1. The highest BCUT2D eigenvalue weighted by atomic mass is 16.3. The van der Waals surface area contributed by atoms with E-state index in [0.717, 1.165) is 49.9 Å². The lowest BCUT2D eigenvalue weighted by Gasteiger charge is -2.09. The van der Waals surface area contributed by atoms with E-state index in [4.69, 9.17) is 24.4 Å². The maximum Gasteiger partial charge on any atom is 0.165 e. The smallest absolute Gasteiger partial charge is 0.165 e. The number of benzene rings is 6. The molecular weight excluding hydrogens is 552 g/mol. The summed E-state index contributed by atoms with van der Waals surface area (Å²) in [6, 6.07) is 47.4. The van der Waals surface area contributed by atoms with Gasteiger partial charge in [0.15, 0.2) is 17.5 Å². The summed E-state index contributed by atoms with van der Waals surface area (Å²) in [6.07, 6.45) is 1.83. The summed E-state index contributed by atoms with van der Waals surface area (Å²) < 4.78 is 6.57. The van der Waals surface area contributed by atoms with Crippen LogP contribution in [-0.4, -0.2) is 19.9 Å². The van der Waals surface area contributed by atoms with Gasteiger partial charge in [0.25, 0.3) is 0 Å². The molecule has 0 spiro atoms. The molecule has 0 bridgehead atoms. The highest BCUT2D eigenvalue weighted by molar-refractivity contribution is 6.27. The van der Waals surface area contributed by atoms with Crippen LogP contribution in [0.3, 0.4) is 0 Å². The predicted molar refractivity (Wildman–Crippen MR) is 182 cm³/mol. The highest BCUT2D eigenvalue weighted by Gasteiger charge is 2.17. The number of nitrogens with zero attached hydrogens (tertiary/aromatic N) is 4. The van der Waals surface area contributed by atoms with Crippen molar-refractivity contribution in [2.45, 2.75) is 0 Å². The Balaban J connectivity index is 1.18. The van der Waals surface area contributed by atoms with Crippen LogP contribution in [0.25, 0.3) is 88.9 Å². The van der Waals surface area contributed by atoms with Crippen LogP contribution in [0.15, 0.2) is 150 Å². The first kappa shape index (κ1) is 25.3. The molecule has 0 amide bonds. The number of fused-ring (bicyclic) bond motifs is 7. The quantitative estimate of drug-likeness (QED) is 0.195. The Labute approximate surface area is 258 Å². The standard InChI is InChI=1S/C40H24N4O/c1-3-11-27(12-4-1)38-42-39(28-13-5-2-6-14-28)44-40(43-38)29-20-22-33(41-24-29)31-16-9-17-32-36-34(45-37(31)32)23-21-26-19-18-25-10-7-8-15-30(25)35(26)36/h1-24H. The van der Waals surface area contributed by atoms with E-state index in [1.807, 2.05) is 79.0 Å². The van der Waals surface area contributed by atoms with Gasteiger partial charge in [0.1, 0.15) is 11.2 Å². The van der Waals surface area contributed by atoms with Crippen LogP contribution in [0.5, 0.6) is 0 Å². The third-order valence-corrected chi connectivity index (χ3v) is 8.37. The number of hydrogen-bond donors (Lipinski definition) is 0. The molecule has 5 heteroatoms. The van der Waals surface area contributed by atoms with Crippen LogP contribution >= 0.6 is 0 Å². The topological polar surface area (TPSA) is 64.7 Å². The summed E-state index contributed by atoms with van der Waals surface area (Å²) in [5.74, 6) is 1.81. The van der Waals surface area contributed by atoms with Crippen molar-refractivity contribution in [3.63, 3.8) is 0 Å². The molecule has 0 saturated carbocycles. The van der Waals surface area contributed by atoms with E-state index in [2.05, 4.69) is 66.7 Å². The molecule has 0 aliphatic rings. The van der Waals surface area contributed by atoms with Crippen molar-refractivity contribution in [3.05, 3.63) is 146 Å². The molecule has 210 valence electrons. The first-order valence-corrected chi connectivity index (χ1v) is 14.9. The zero-order valence-electron chi connectivity index (χ0n) is 24.1. The maximum absolute atomic E-state index is 6.57. The van der Waals surface area contributed by atoms with Crippen LogP contribution in [-0.2, 0) is 0 Å². The summed E-state index contributed by atoms with van der Waals surface area (Å²) in [7, 11) is 0. The van der Waals surface area contributed by atoms with Gasteiger partial charge in [0, 0.05) is 44.6 Å². The monoisotopic (exact) mass is 576 g/mol. The summed E-state index contributed by atoms with van der Waals surface area (Å²) in [5, 5.41) is 7.04. The second-order valence-corrected chi connectivity index (χ2v) is 11.1. The second kappa shape index (κ2) is 10.2.